The Hall–Kier alpha value is -2.23. The van der Waals surface area contributed by atoms with Crippen molar-refractivity contribution >= 4 is 5.97 Å². The molecule has 19 heavy (non-hydrogen) atoms. The van der Waals surface area contributed by atoms with Crippen molar-refractivity contribution in [1.29, 1.82) is 0 Å². The van der Waals surface area contributed by atoms with Gasteiger partial charge in [0.1, 0.15) is 5.75 Å². The second-order valence-electron chi connectivity index (χ2n) is 4.57. The van der Waals surface area contributed by atoms with Crippen molar-refractivity contribution in [2.45, 2.75) is 12.8 Å². The molecule has 0 atom stereocenters. The van der Waals surface area contributed by atoms with Gasteiger partial charge >= 0.3 is 5.97 Å². The number of nitrogens with one attached hydrogen (secondary N) is 1. The molecule has 98 valence electrons. The van der Waals surface area contributed by atoms with E-state index in [1.165, 1.54) is 12.7 Å². The van der Waals surface area contributed by atoms with Gasteiger partial charge in [-0.05, 0) is 42.2 Å². The largest absolute Gasteiger partial charge is 0.497 e. The first-order valence-corrected chi connectivity index (χ1v) is 6.20. The van der Waals surface area contributed by atoms with Gasteiger partial charge in [0.05, 0.1) is 19.8 Å². The maximum Gasteiger partial charge on any atom is 0.339 e. The van der Waals surface area contributed by atoms with Gasteiger partial charge in [0.25, 0.3) is 0 Å². The van der Waals surface area contributed by atoms with Crippen LogP contribution in [0.5, 0.6) is 5.75 Å². The molecule has 3 rings (SSSR count). The number of rotatable bonds is 2. The molecular weight excluding hydrogens is 242 g/mol. The number of fused-ring (bicyclic) bond motifs is 3. The van der Waals surface area contributed by atoms with Crippen molar-refractivity contribution in [3.05, 3.63) is 41.1 Å². The molecule has 0 unspecified atom stereocenters. The van der Waals surface area contributed by atoms with Gasteiger partial charge in [-0.3, -0.25) is 0 Å². The molecule has 0 fully saturated rings. The van der Waals surface area contributed by atoms with Crippen LogP contribution in [0.15, 0.2) is 24.4 Å². The minimum absolute atomic E-state index is 0.283. The summed E-state index contributed by atoms with van der Waals surface area (Å²) in [4.78, 5) is 14.9. The monoisotopic (exact) mass is 257 g/mol. The molecule has 0 spiro atoms. The van der Waals surface area contributed by atoms with E-state index in [0.29, 0.717) is 5.56 Å². The number of aromatic nitrogens is 1. The van der Waals surface area contributed by atoms with Gasteiger partial charge in [0, 0.05) is 17.5 Å². The maximum atomic E-state index is 11.7. The number of H-pyrrole nitrogens is 1. The van der Waals surface area contributed by atoms with Crippen LogP contribution in [0.25, 0.3) is 11.3 Å². The van der Waals surface area contributed by atoms with Gasteiger partial charge in [-0.1, -0.05) is 0 Å². The molecule has 0 saturated carbocycles. The summed E-state index contributed by atoms with van der Waals surface area (Å²) in [6.45, 7) is 0. The summed E-state index contributed by atoms with van der Waals surface area (Å²) in [5.41, 5.74) is 5.08. The molecule has 0 amide bonds. The predicted molar refractivity (Wildman–Crippen MR) is 71.5 cm³/mol. The van der Waals surface area contributed by atoms with Crippen LogP contribution >= 0.6 is 0 Å². The van der Waals surface area contributed by atoms with Crippen LogP contribution in [0.1, 0.15) is 21.5 Å². The van der Waals surface area contributed by atoms with Gasteiger partial charge in [-0.2, -0.15) is 0 Å². The van der Waals surface area contributed by atoms with E-state index in [9.17, 15) is 4.79 Å². The Labute approximate surface area is 111 Å². The van der Waals surface area contributed by atoms with Crippen LogP contribution in [-0.4, -0.2) is 25.2 Å². The lowest BCUT2D eigenvalue weighted by molar-refractivity contribution is 0.0600. The fourth-order valence-electron chi connectivity index (χ4n) is 2.65. The normalized spacial score (nSPS) is 12.5. The Morgan fingerprint density at radius 1 is 1.26 bits per heavy atom. The minimum Gasteiger partial charge on any atom is -0.497 e. The fourth-order valence-corrected chi connectivity index (χ4v) is 2.65. The standard InChI is InChI=1S/C15H15NO3/c1-18-10-4-6-11-9(7-10)3-5-12-13(15(17)19-2)8-16-14(11)12/h4,6-8,16H,3,5H2,1-2H3. The number of hydrogen-bond acceptors (Lipinski definition) is 3. The van der Waals surface area contributed by atoms with Gasteiger partial charge in [-0.25, -0.2) is 4.79 Å². The molecule has 0 saturated heterocycles. The Morgan fingerprint density at radius 3 is 2.84 bits per heavy atom. The molecular formula is C15H15NO3. The molecule has 4 nitrogen and oxygen atoms in total. The summed E-state index contributed by atoms with van der Waals surface area (Å²) in [6.07, 6.45) is 3.47. The van der Waals surface area contributed by atoms with Crippen LogP contribution in [0.3, 0.4) is 0 Å². The highest BCUT2D eigenvalue weighted by Gasteiger charge is 2.24. The predicted octanol–water partition coefficient (Wildman–Crippen LogP) is 2.58. The van der Waals surface area contributed by atoms with E-state index in [0.717, 1.165) is 35.4 Å². The smallest absolute Gasteiger partial charge is 0.339 e. The van der Waals surface area contributed by atoms with E-state index in [4.69, 9.17) is 9.47 Å². The second kappa shape index (κ2) is 4.46. The molecule has 1 aromatic heterocycles. The van der Waals surface area contributed by atoms with Crippen molar-refractivity contribution in [2.75, 3.05) is 14.2 Å². The first-order chi connectivity index (χ1) is 9.24. The van der Waals surface area contributed by atoms with Crippen LogP contribution in [-0.2, 0) is 17.6 Å². The third kappa shape index (κ3) is 1.80. The van der Waals surface area contributed by atoms with E-state index in [2.05, 4.69) is 11.1 Å². The average Bonchev–Trinajstić information content (AvgIpc) is 2.89. The quantitative estimate of drug-likeness (QED) is 0.841. The van der Waals surface area contributed by atoms with Crippen LogP contribution in [0, 0.1) is 0 Å². The van der Waals surface area contributed by atoms with Crippen molar-refractivity contribution in [3.63, 3.8) is 0 Å². The highest BCUT2D eigenvalue weighted by molar-refractivity contribution is 5.94. The first-order valence-electron chi connectivity index (χ1n) is 6.20. The average molecular weight is 257 g/mol. The lowest BCUT2D eigenvalue weighted by Crippen LogP contribution is -2.08. The molecule has 0 radical (unpaired) electrons. The Kier molecular flexibility index (Phi) is 2.78. The molecule has 0 aliphatic heterocycles. The zero-order chi connectivity index (χ0) is 13.4. The van der Waals surface area contributed by atoms with Crippen molar-refractivity contribution < 1.29 is 14.3 Å². The summed E-state index contributed by atoms with van der Waals surface area (Å²) >= 11 is 0. The second-order valence-corrected chi connectivity index (χ2v) is 4.57. The molecule has 1 aliphatic carbocycles. The molecule has 1 N–H and O–H groups in total. The number of carbonyl (C=O) groups is 1. The fraction of sp³-hybridized carbons (Fsp3) is 0.267. The van der Waals surface area contributed by atoms with Gasteiger partial charge < -0.3 is 14.5 Å². The number of aryl methyl sites for hydroxylation is 1. The summed E-state index contributed by atoms with van der Waals surface area (Å²) in [5, 5.41) is 0. The Bertz CT molecular complexity index is 643. The van der Waals surface area contributed by atoms with E-state index >= 15 is 0 Å². The third-order valence-corrected chi connectivity index (χ3v) is 3.62. The van der Waals surface area contributed by atoms with E-state index in [1.54, 1.807) is 13.3 Å². The van der Waals surface area contributed by atoms with Gasteiger partial charge in [0.2, 0.25) is 0 Å². The number of benzene rings is 1. The number of ether oxygens (including phenoxy) is 2. The van der Waals surface area contributed by atoms with E-state index in [1.807, 2.05) is 12.1 Å². The molecule has 0 bridgehead atoms. The SMILES string of the molecule is COC(=O)c1c[nH]c2c1CCc1cc(OC)ccc1-2. The summed E-state index contributed by atoms with van der Waals surface area (Å²) in [7, 11) is 3.07. The number of carbonyl (C=O) groups excluding carboxylic acids is 1. The number of aromatic amines is 1. The third-order valence-electron chi connectivity index (χ3n) is 3.62. The van der Waals surface area contributed by atoms with E-state index < -0.39 is 0 Å². The minimum atomic E-state index is -0.283. The summed E-state index contributed by atoms with van der Waals surface area (Å²) < 4.78 is 10.1. The molecule has 1 aromatic carbocycles. The maximum absolute atomic E-state index is 11.7. The highest BCUT2D eigenvalue weighted by atomic mass is 16.5. The van der Waals surface area contributed by atoms with E-state index in [-0.39, 0.29) is 5.97 Å². The number of esters is 1. The lowest BCUT2D eigenvalue weighted by atomic mass is 9.88. The Balaban J connectivity index is 2.10. The van der Waals surface area contributed by atoms with Gasteiger partial charge in [0.15, 0.2) is 0 Å². The number of methoxy groups -OCH3 is 2. The topological polar surface area (TPSA) is 51.3 Å². The molecule has 4 heteroatoms. The molecule has 1 heterocycles. The number of hydrogen-bond donors (Lipinski definition) is 1. The first kappa shape index (κ1) is 11.8. The zero-order valence-electron chi connectivity index (χ0n) is 10.9. The molecule has 2 aromatic rings. The highest BCUT2D eigenvalue weighted by Crippen LogP contribution is 2.36. The summed E-state index contributed by atoms with van der Waals surface area (Å²) in [6, 6.07) is 6.02. The zero-order valence-corrected chi connectivity index (χ0v) is 10.9. The Morgan fingerprint density at radius 2 is 2.11 bits per heavy atom. The van der Waals surface area contributed by atoms with Crippen molar-refractivity contribution in [1.82, 2.24) is 4.98 Å². The molecule has 1 aliphatic rings. The summed E-state index contributed by atoms with van der Waals surface area (Å²) in [5.74, 6) is 0.580. The van der Waals surface area contributed by atoms with Crippen LogP contribution in [0.2, 0.25) is 0 Å². The van der Waals surface area contributed by atoms with Crippen LogP contribution < -0.4 is 4.74 Å². The van der Waals surface area contributed by atoms with Crippen molar-refractivity contribution in [2.24, 2.45) is 0 Å². The van der Waals surface area contributed by atoms with Gasteiger partial charge in [-0.15, -0.1) is 0 Å². The van der Waals surface area contributed by atoms with Crippen LogP contribution in [0.4, 0.5) is 0 Å². The lowest BCUT2D eigenvalue weighted by Gasteiger charge is -2.18. The van der Waals surface area contributed by atoms with Crippen molar-refractivity contribution in [3.8, 4) is 17.0 Å².